The SMILES string of the molecule is CCc1ncc(S(=O)(=O)Nc2cc(-c3ccc4ncc5c(c4c3)C3(CCC3)C(=O)N5C)cnc2OCCCN(C)C)s1. The second-order valence-corrected chi connectivity index (χ2v) is 14.2. The van der Waals surface area contributed by atoms with Gasteiger partial charge in [0.05, 0.1) is 40.6 Å². The number of hydrogen-bond acceptors (Lipinski definition) is 9. The molecule has 1 aromatic carbocycles. The van der Waals surface area contributed by atoms with Crippen molar-refractivity contribution in [1.29, 1.82) is 0 Å². The summed E-state index contributed by atoms with van der Waals surface area (Å²) in [6.07, 6.45) is 8.96. The number of hydrogen-bond donors (Lipinski definition) is 1. The summed E-state index contributed by atoms with van der Waals surface area (Å²) >= 11 is 1.14. The predicted octanol–water partition coefficient (Wildman–Crippen LogP) is 4.85. The lowest BCUT2D eigenvalue weighted by molar-refractivity contribution is -0.125. The average Bonchev–Trinajstić information content (AvgIpc) is 3.53. The maximum atomic E-state index is 13.3. The van der Waals surface area contributed by atoms with Gasteiger partial charge in [-0.2, -0.15) is 0 Å². The molecule has 1 N–H and O–H groups in total. The Morgan fingerprint density at radius 3 is 2.60 bits per heavy atom. The molecule has 0 unspecified atom stereocenters. The Morgan fingerprint density at radius 2 is 1.90 bits per heavy atom. The number of nitrogens with zero attached hydrogens (tertiary/aromatic N) is 5. The summed E-state index contributed by atoms with van der Waals surface area (Å²) < 4.78 is 35.5. The predicted molar refractivity (Wildman–Crippen MR) is 165 cm³/mol. The summed E-state index contributed by atoms with van der Waals surface area (Å²) in [5.41, 5.74) is 4.04. The van der Waals surface area contributed by atoms with E-state index in [-0.39, 0.29) is 21.7 Å². The van der Waals surface area contributed by atoms with Crippen molar-refractivity contribution in [2.24, 2.45) is 0 Å². The van der Waals surface area contributed by atoms with Crippen LogP contribution in [-0.4, -0.2) is 68.5 Å². The summed E-state index contributed by atoms with van der Waals surface area (Å²) in [6, 6.07) is 7.68. The van der Waals surface area contributed by atoms with Gasteiger partial charge < -0.3 is 14.5 Å². The number of thiazole rings is 1. The highest BCUT2D eigenvalue weighted by Crippen LogP contribution is 2.55. The van der Waals surface area contributed by atoms with Crippen LogP contribution in [0, 0.1) is 0 Å². The maximum absolute atomic E-state index is 13.3. The normalized spacial score (nSPS) is 15.8. The smallest absolute Gasteiger partial charge is 0.273 e. The number of pyridine rings is 2. The molecule has 4 aromatic rings. The number of carbonyl (C=O) groups is 1. The molecule has 4 heterocycles. The summed E-state index contributed by atoms with van der Waals surface area (Å²) in [4.78, 5) is 30.5. The van der Waals surface area contributed by atoms with Crippen molar-refractivity contribution in [3.05, 3.63) is 53.4 Å². The number of aromatic nitrogens is 3. The largest absolute Gasteiger partial charge is 0.476 e. The first-order valence-electron chi connectivity index (χ1n) is 14.1. The highest BCUT2D eigenvalue weighted by atomic mass is 32.2. The Morgan fingerprint density at radius 1 is 1.10 bits per heavy atom. The van der Waals surface area contributed by atoms with Crippen LogP contribution in [0.4, 0.5) is 11.4 Å². The number of aryl methyl sites for hydroxylation is 1. The third-order valence-electron chi connectivity index (χ3n) is 8.13. The molecular formula is C30H34N6O4S2. The standard InChI is InChI=1S/C30H34N6O4S2/c1-5-25-32-18-26(41-25)42(38,39)34-23-15-20(16-33-28(23)40-13-7-12-35(2)3)19-8-9-22-21(14-19)27-24(17-31-22)36(4)29(37)30(27)10-6-11-30/h8-9,14-18,34H,5-7,10-13H2,1-4H3. The minimum Gasteiger partial charge on any atom is -0.476 e. The molecule has 0 radical (unpaired) electrons. The zero-order chi connectivity index (χ0) is 29.6. The van der Waals surface area contributed by atoms with E-state index in [4.69, 9.17) is 4.74 Å². The molecule has 1 saturated carbocycles. The molecule has 6 rings (SSSR count). The highest BCUT2D eigenvalue weighted by molar-refractivity contribution is 7.94. The van der Waals surface area contributed by atoms with E-state index >= 15 is 0 Å². The van der Waals surface area contributed by atoms with Crippen molar-refractivity contribution >= 4 is 49.5 Å². The summed E-state index contributed by atoms with van der Waals surface area (Å²) in [5.74, 6) is 0.345. The lowest BCUT2D eigenvalue weighted by Crippen LogP contribution is -2.43. The van der Waals surface area contributed by atoms with Gasteiger partial charge in [-0.25, -0.2) is 18.4 Å². The lowest BCUT2D eigenvalue weighted by Gasteiger charge is -2.37. The van der Waals surface area contributed by atoms with Crippen LogP contribution in [0.1, 0.15) is 43.2 Å². The molecule has 1 aliphatic heterocycles. The van der Waals surface area contributed by atoms with Gasteiger partial charge in [0.1, 0.15) is 5.69 Å². The molecule has 1 aliphatic carbocycles. The van der Waals surface area contributed by atoms with Crippen LogP contribution >= 0.6 is 11.3 Å². The van der Waals surface area contributed by atoms with Crippen molar-refractivity contribution in [2.45, 2.75) is 48.7 Å². The molecule has 2 aliphatic rings. The minimum atomic E-state index is -3.91. The monoisotopic (exact) mass is 606 g/mol. The van der Waals surface area contributed by atoms with E-state index in [2.05, 4.69) is 24.6 Å². The number of anilines is 2. The number of nitrogens with one attached hydrogen (secondary N) is 1. The number of ether oxygens (including phenoxy) is 1. The molecule has 0 bridgehead atoms. The molecule has 10 nitrogen and oxygen atoms in total. The fourth-order valence-electron chi connectivity index (χ4n) is 5.77. The first-order chi connectivity index (χ1) is 20.1. The molecular weight excluding hydrogens is 573 g/mol. The van der Waals surface area contributed by atoms with E-state index in [1.807, 2.05) is 46.3 Å². The number of fused-ring (bicyclic) bond motifs is 4. The van der Waals surface area contributed by atoms with E-state index < -0.39 is 15.4 Å². The number of likely N-dealkylation sites (N-methyl/N-ethyl adjacent to an activating group) is 1. The van der Waals surface area contributed by atoms with Crippen LogP contribution in [0.2, 0.25) is 0 Å². The van der Waals surface area contributed by atoms with Gasteiger partial charge in [0.25, 0.3) is 10.0 Å². The second-order valence-electron chi connectivity index (χ2n) is 11.2. The highest BCUT2D eigenvalue weighted by Gasteiger charge is 2.54. The molecule has 0 saturated heterocycles. The molecule has 3 aromatic heterocycles. The van der Waals surface area contributed by atoms with Crippen molar-refractivity contribution in [2.75, 3.05) is 43.9 Å². The summed E-state index contributed by atoms with van der Waals surface area (Å²) in [6.45, 7) is 3.15. The van der Waals surface area contributed by atoms with Gasteiger partial charge in [0, 0.05) is 36.3 Å². The molecule has 0 atom stereocenters. The van der Waals surface area contributed by atoms with Gasteiger partial charge in [-0.1, -0.05) is 19.4 Å². The fraction of sp³-hybridized carbons (Fsp3) is 0.400. The van der Waals surface area contributed by atoms with Gasteiger partial charge in [-0.3, -0.25) is 14.5 Å². The van der Waals surface area contributed by atoms with Crippen LogP contribution in [0.3, 0.4) is 0 Å². The Balaban J connectivity index is 1.40. The van der Waals surface area contributed by atoms with Gasteiger partial charge in [-0.15, -0.1) is 11.3 Å². The molecule has 12 heteroatoms. The van der Waals surface area contributed by atoms with E-state index in [0.29, 0.717) is 18.6 Å². The van der Waals surface area contributed by atoms with Crippen LogP contribution in [0.5, 0.6) is 5.88 Å². The number of rotatable bonds is 10. The first-order valence-corrected chi connectivity index (χ1v) is 16.4. The van der Waals surface area contributed by atoms with Crippen molar-refractivity contribution in [3.8, 4) is 17.0 Å². The Kier molecular flexibility index (Phi) is 7.40. The summed E-state index contributed by atoms with van der Waals surface area (Å²) in [7, 11) is 1.88. The third-order valence-corrected chi connectivity index (χ3v) is 11.1. The molecule has 42 heavy (non-hydrogen) atoms. The number of sulfonamides is 1. The van der Waals surface area contributed by atoms with Gasteiger partial charge >= 0.3 is 0 Å². The third kappa shape index (κ3) is 4.91. The van der Waals surface area contributed by atoms with E-state index in [0.717, 1.165) is 76.3 Å². The summed E-state index contributed by atoms with van der Waals surface area (Å²) in [5, 5.41) is 1.68. The van der Waals surface area contributed by atoms with E-state index in [1.165, 1.54) is 6.20 Å². The Hall–Kier alpha value is -3.61. The fourth-order valence-corrected chi connectivity index (χ4v) is 7.94. The minimum absolute atomic E-state index is 0.131. The number of carbonyl (C=O) groups excluding carboxylic acids is 1. The van der Waals surface area contributed by atoms with E-state index in [9.17, 15) is 13.2 Å². The molecule has 220 valence electrons. The second kappa shape index (κ2) is 10.9. The maximum Gasteiger partial charge on any atom is 0.273 e. The van der Waals surface area contributed by atoms with Gasteiger partial charge in [-0.05, 0) is 63.5 Å². The van der Waals surface area contributed by atoms with Crippen molar-refractivity contribution in [3.63, 3.8) is 0 Å². The van der Waals surface area contributed by atoms with Crippen molar-refractivity contribution < 1.29 is 17.9 Å². The van der Waals surface area contributed by atoms with Gasteiger partial charge in [0.15, 0.2) is 4.21 Å². The average molecular weight is 607 g/mol. The first kappa shape index (κ1) is 28.5. The Labute approximate surface area is 249 Å². The zero-order valence-corrected chi connectivity index (χ0v) is 25.8. The van der Waals surface area contributed by atoms with Crippen molar-refractivity contribution in [1.82, 2.24) is 19.9 Å². The molecule has 1 spiro atoms. The number of amides is 1. The van der Waals surface area contributed by atoms with Crippen LogP contribution in [0.25, 0.3) is 22.0 Å². The van der Waals surface area contributed by atoms with Crippen LogP contribution < -0.4 is 14.4 Å². The topological polar surface area (TPSA) is 118 Å². The molecule has 1 amide bonds. The van der Waals surface area contributed by atoms with Crippen LogP contribution in [-0.2, 0) is 26.7 Å². The molecule has 1 fully saturated rings. The van der Waals surface area contributed by atoms with E-state index in [1.54, 1.807) is 23.4 Å². The number of benzene rings is 1. The Bertz CT molecular complexity index is 1780. The van der Waals surface area contributed by atoms with Crippen LogP contribution in [0.15, 0.2) is 47.1 Å². The van der Waals surface area contributed by atoms with Gasteiger partial charge in [0.2, 0.25) is 11.8 Å². The quantitative estimate of drug-likeness (QED) is 0.255. The zero-order valence-electron chi connectivity index (χ0n) is 24.2. The lowest BCUT2D eigenvalue weighted by atomic mass is 9.64.